The fourth-order valence-corrected chi connectivity index (χ4v) is 1.76. The molecule has 0 saturated carbocycles. The molecule has 82 valence electrons. The van der Waals surface area contributed by atoms with E-state index in [0.717, 1.165) is 34.9 Å². The molecule has 3 nitrogen and oxygen atoms in total. The van der Waals surface area contributed by atoms with Crippen LogP contribution in [0.15, 0.2) is 30.3 Å². The molecule has 2 N–H and O–H groups in total. The third-order valence-electron chi connectivity index (χ3n) is 2.34. The summed E-state index contributed by atoms with van der Waals surface area (Å²) in [6, 6.07) is 9.81. The van der Waals surface area contributed by atoms with Crippen LogP contribution in [0.1, 0.15) is 22.8 Å². The van der Waals surface area contributed by atoms with Gasteiger partial charge in [-0.15, -0.1) is 0 Å². The summed E-state index contributed by atoms with van der Waals surface area (Å²) < 4.78 is 0. The van der Waals surface area contributed by atoms with Crippen molar-refractivity contribution in [2.24, 2.45) is 0 Å². The second-order valence-corrected chi connectivity index (χ2v) is 3.99. The number of aromatic nitrogens is 2. The van der Waals surface area contributed by atoms with Crippen molar-refractivity contribution >= 4 is 5.69 Å². The van der Waals surface area contributed by atoms with Gasteiger partial charge in [-0.2, -0.15) is 0 Å². The third-order valence-corrected chi connectivity index (χ3v) is 2.34. The van der Waals surface area contributed by atoms with Crippen LogP contribution in [-0.4, -0.2) is 9.97 Å². The second kappa shape index (κ2) is 4.31. The smallest absolute Gasteiger partial charge is 0.133 e. The van der Waals surface area contributed by atoms with Crippen molar-refractivity contribution in [3.05, 3.63) is 53.1 Å². The molecule has 0 amide bonds. The van der Waals surface area contributed by atoms with Crippen LogP contribution in [0.3, 0.4) is 0 Å². The molecule has 0 bridgehead atoms. The van der Waals surface area contributed by atoms with Crippen LogP contribution >= 0.6 is 0 Å². The van der Waals surface area contributed by atoms with E-state index in [1.807, 2.05) is 44.2 Å². The molecule has 1 aromatic heterocycles. The van der Waals surface area contributed by atoms with Crippen molar-refractivity contribution in [2.75, 3.05) is 5.73 Å². The standard InChI is InChI=1S/C13H15N3/c1-9-6-10(2)16-13(15-9)8-11-4-3-5-12(14)7-11/h3-7H,8,14H2,1-2H3. The molecule has 0 aliphatic heterocycles. The lowest BCUT2D eigenvalue weighted by molar-refractivity contribution is 0.918. The molecule has 0 aliphatic carbocycles. The SMILES string of the molecule is Cc1cc(C)nc(Cc2cccc(N)c2)n1. The first kappa shape index (κ1) is 10.6. The van der Waals surface area contributed by atoms with Crippen molar-refractivity contribution in [1.29, 1.82) is 0 Å². The van der Waals surface area contributed by atoms with Crippen LogP contribution in [0.25, 0.3) is 0 Å². The Bertz CT molecular complexity index is 486. The summed E-state index contributed by atoms with van der Waals surface area (Å²) in [5.74, 6) is 0.850. The number of hydrogen-bond donors (Lipinski definition) is 1. The maximum absolute atomic E-state index is 5.73. The number of benzene rings is 1. The number of rotatable bonds is 2. The molecule has 0 fully saturated rings. The van der Waals surface area contributed by atoms with Gasteiger partial charge in [0.25, 0.3) is 0 Å². The van der Waals surface area contributed by atoms with Crippen LogP contribution in [0.5, 0.6) is 0 Å². The molecule has 0 saturated heterocycles. The topological polar surface area (TPSA) is 51.8 Å². The van der Waals surface area contributed by atoms with Crippen LogP contribution in [0.4, 0.5) is 5.69 Å². The maximum atomic E-state index is 5.73. The molecule has 0 radical (unpaired) electrons. The molecule has 1 heterocycles. The minimum absolute atomic E-state index is 0.730. The van der Waals surface area contributed by atoms with Crippen molar-refractivity contribution in [1.82, 2.24) is 9.97 Å². The summed E-state index contributed by atoms with van der Waals surface area (Å²) in [6.45, 7) is 3.97. The van der Waals surface area contributed by atoms with E-state index in [9.17, 15) is 0 Å². The minimum Gasteiger partial charge on any atom is -0.399 e. The number of anilines is 1. The molecule has 0 unspecified atom stereocenters. The Kier molecular flexibility index (Phi) is 2.86. The first-order valence-electron chi connectivity index (χ1n) is 5.29. The maximum Gasteiger partial charge on any atom is 0.133 e. The van der Waals surface area contributed by atoms with E-state index in [1.165, 1.54) is 0 Å². The molecule has 0 spiro atoms. The Hall–Kier alpha value is -1.90. The highest BCUT2D eigenvalue weighted by Crippen LogP contribution is 2.10. The van der Waals surface area contributed by atoms with Gasteiger partial charge in [0.15, 0.2) is 0 Å². The molecular formula is C13H15N3. The monoisotopic (exact) mass is 213 g/mol. The fourth-order valence-electron chi connectivity index (χ4n) is 1.76. The Morgan fingerprint density at radius 2 is 1.75 bits per heavy atom. The van der Waals surface area contributed by atoms with Gasteiger partial charge in [-0.05, 0) is 37.6 Å². The first-order valence-corrected chi connectivity index (χ1v) is 5.29. The Morgan fingerprint density at radius 3 is 2.38 bits per heavy atom. The summed E-state index contributed by atoms with van der Waals surface area (Å²) in [5, 5.41) is 0. The molecule has 3 heteroatoms. The predicted octanol–water partition coefficient (Wildman–Crippen LogP) is 2.27. The molecule has 16 heavy (non-hydrogen) atoms. The summed E-state index contributed by atoms with van der Waals surface area (Å²) in [4.78, 5) is 8.81. The van der Waals surface area contributed by atoms with Gasteiger partial charge in [-0.3, -0.25) is 0 Å². The van der Waals surface area contributed by atoms with Gasteiger partial charge in [-0.25, -0.2) is 9.97 Å². The van der Waals surface area contributed by atoms with Gasteiger partial charge in [0.2, 0.25) is 0 Å². The predicted molar refractivity (Wildman–Crippen MR) is 65.2 cm³/mol. The van der Waals surface area contributed by atoms with E-state index in [2.05, 4.69) is 9.97 Å². The molecule has 2 aromatic rings. The van der Waals surface area contributed by atoms with E-state index < -0.39 is 0 Å². The Labute approximate surface area is 95.4 Å². The van der Waals surface area contributed by atoms with Gasteiger partial charge in [-0.1, -0.05) is 12.1 Å². The highest BCUT2D eigenvalue weighted by molar-refractivity contribution is 5.41. The number of hydrogen-bond acceptors (Lipinski definition) is 3. The molecular weight excluding hydrogens is 198 g/mol. The first-order chi connectivity index (χ1) is 7.63. The molecule has 0 aliphatic rings. The number of nitrogen functional groups attached to an aromatic ring is 1. The van der Waals surface area contributed by atoms with Gasteiger partial charge in [0, 0.05) is 23.5 Å². The van der Waals surface area contributed by atoms with Gasteiger partial charge < -0.3 is 5.73 Å². The normalized spacial score (nSPS) is 10.4. The van der Waals surface area contributed by atoms with E-state index >= 15 is 0 Å². The fraction of sp³-hybridized carbons (Fsp3) is 0.231. The number of nitrogens with zero attached hydrogens (tertiary/aromatic N) is 2. The third kappa shape index (κ3) is 2.57. The zero-order chi connectivity index (χ0) is 11.5. The quantitative estimate of drug-likeness (QED) is 0.778. The van der Waals surface area contributed by atoms with Crippen LogP contribution < -0.4 is 5.73 Å². The molecule has 1 aromatic carbocycles. The lowest BCUT2D eigenvalue weighted by atomic mass is 10.1. The van der Waals surface area contributed by atoms with Crippen molar-refractivity contribution in [3.8, 4) is 0 Å². The number of aryl methyl sites for hydroxylation is 2. The van der Waals surface area contributed by atoms with Crippen molar-refractivity contribution < 1.29 is 0 Å². The highest BCUT2D eigenvalue weighted by atomic mass is 14.9. The van der Waals surface area contributed by atoms with E-state index in [4.69, 9.17) is 5.73 Å². The lowest BCUT2D eigenvalue weighted by Gasteiger charge is -2.04. The summed E-state index contributed by atoms with van der Waals surface area (Å²) in [7, 11) is 0. The highest BCUT2D eigenvalue weighted by Gasteiger charge is 2.01. The lowest BCUT2D eigenvalue weighted by Crippen LogP contribution is -2.00. The summed E-state index contributed by atoms with van der Waals surface area (Å²) in [5.41, 5.74) is 9.67. The Balaban J connectivity index is 2.27. The van der Waals surface area contributed by atoms with Crippen LogP contribution in [0.2, 0.25) is 0 Å². The number of nitrogens with two attached hydrogens (primary N) is 1. The summed E-state index contributed by atoms with van der Waals surface area (Å²) in [6.07, 6.45) is 0.730. The largest absolute Gasteiger partial charge is 0.399 e. The van der Waals surface area contributed by atoms with Crippen molar-refractivity contribution in [3.63, 3.8) is 0 Å². The van der Waals surface area contributed by atoms with Gasteiger partial charge in [0.05, 0.1) is 0 Å². The van der Waals surface area contributed by atoms with Gasteiger partial charge in [0.1, 0.15) is 5.82 Å². The van der Waals surface area contributed by atoms with E-state index in [0.29, 0.717) is 0 Å². The Morgan fingerprint density at radius 1 is 1.06 bits per heavy atom. The van der Waals surface area contributed by atoms with E-state index in [1.54, 1.807) is 0 Å². The van der Waals surface area contributed by atoms with Crippen LogP contribution in [-0.2, 0) is 6.42 Å². The summed E-state index contributed by atoms with van der Waals surface area (Å²) >= 11 is 0. The second-order valence-electron chi connectivity index (χ2n) is 3.99. The zero-order valence-electron chi connectivity index (χ0n) is 9.57. The van der Waals surface area contributed by atoms with Crippen LogP contribution in [0, 0.1) is 13.8 Å². The van der Waals surface area contributed by atoms with E-state index in [-0.39, 0.29) is 0 Å². The molecule has 2 rings (SSSR count). The zero-order valence-corrected chi connectivity index (χ0v) is 9.57. The minimum atomic E-state index is 0.730. The molecule has 0 atom stereocenters. The average Bonchev–Trinajstić information content (AvgIpc) is 2.15. The van der Waals surface area contributed by atoms with Crippen molar-refractivity contribution in [2.45, 2.75) is 20.3 Å². The van der Waals surface area contributed by atoms with Gasteiger partial charge >= 0.3 is 0 Å². The average molecular weight is 213 g/mol.